The number of nitro groups is 1. The highest BCUT2D eigenvalue weighted by atomic mass is 32.2. The summed E-state index contributed by atoms with van der Waals surface area (Å²) in [7, 11) is -4.02. The Kier molecular flexibility index (Phi) is 7.39. The number of para-hydroxylation sites is 2. The highest BCUT2D eigenvalue weighted by Crippen LogP contribution is 2.27. The van der Waals surface area contributed by atoms with Gasteiger partial charge in [0.05, 0.1) is 11.5 Å². The Balaban J connectivity index is 1.32. The van der Waals surface area contributed by atoms with E-state index in [9.17, 15) is 23.3 Å². The summed E-state index contributed by atoms with van der Waals surface area (Å²) in [5, 5.41) is 14.1. The summed E-state index contributed by atoms with van der Waals surface area (Å²) in [4.78, 5) is 24.6. The second kappa shape index (κ2) is 10.6. The van der Waals surface area contributed by atoms with Crippen molar-refractivity contribution in [1.82, 2.24) is 9.21 Å². The molecule has 10 nitrogen and oxygen atoms in total. The molecule has 35 heavy (non-hydrogen) atoms. The van der Waals surface area contributed by atoms with Crippen molar-refractivity contribution in [3.8, 4) is 11.5 Å². The van der Waals surface area contributed by atoms with Gasteiger partial charge in [-0.15, -0.1) is 0 Å². The second-order valence-electron chi connectivity index (χ2n) is 7.90. The van der Waals surface area contributed by atoms with Crippen molar-refractivity contribution in [3.05, 3.63) is 89.0 Å². The number of amides is 1. The summed E-state index contributed by atoms with van der Waals surface area (Å²) in [5.41, 5.74) is 0.133. The van der Waals surface area contributed by atoms with E-state index in [1.54, 1.807) is 24.3 Å². The molecular formula is C24H24N4O6S. The molecule has 3 aromatic rings. The number of hydrogen-bond donors (Lipinski definition) is 1. The minimum atomic E-state index is -4.02. The number of ether oxygens (including phenoxy) is 1. The summed E-state index contributed by atoms with van der Waals surface area (Å²) >= 11 is 0. The Bertz CT molecular complexity index is 1310. The number of nitro benzene ring substituents is 1. The lowest BCUT2D eigenvalue weighted by Gasteiger charge is -2.33. The van der Waals surface area contributed by atoms with E-state index in [0.717, 1.165) is 0 Å². The van der Waals surface area contributed by atoms with Gasteiger partial charge in [0.15, 0.2) is 4.90 Å². The largest absolute Gasteiger partial charge is 0.457 e. The van der Waals surface area contributed by atoms with Crippen molar-refractivity contribution in [2.75, 3.05) is 38.0 Å². The van der Waals surface area contributed by atoms with E-state index >= 15 is 0 Å². The molecular weight excluding hydrogens is 472 g/mol. The lowest BCUT2D eigenvalue weighted by atomic mass is 10.3. The van der Waals surface area contributed by atoms with E-state index in [1.165, 1.54) is 28.6 Å². The van der Waals surface area contributed by atoms with Gasteiger partial charge in [-0.3, -0.25) is 19.8 Å². The van der Waals surface area contributed by atoms with Gasteiger partial charge in [0.1, 0.15) is 11.5 Å². The average molecular weight is 497 g/mol. The molecule has 0 spiro atoms. The number of hydrogen-bond acceptors (Lipinski definition) is 7. The Morgan fingerprint density at radius 1 is 0.914 bits per heavy atom. The topological polar surface area (TPSA) is 122 Å². The summed E-state index contributed by atoms with van der Waals surface area (Å²) in [6.07, 6.45) is 0. The van der Waals surface area contributed by atoms with Crippen molar-refractivity contribution in [3.63, 3.8) is 0 Å². The first-order valence-electron chi connectivity index (χ1n) is 10.9. The second-order valence-corrected chi connectivity index (χ2v) is 9.80. The minimum Gasteiger partial charge on any atom is -0.457 e. The van der Waals surface area contributed by atoms with Crippen LogP contribution >= 0.6 is 0 Å². The minimum absolute atomic E-state index is 0.0865. The van der Waals surface area contributed by atoms with Crippen LogP contribution in [-0.2, 0) is 14.8 Å². The van der Waals surface area contributed by atoms with Gasteiger partial charge in [0.2, 0.25) is 15.9 Å². The predicted molar refractivity (Wildman–Crippen MR) is 130 cm³/mol. The van der Waals surface area contributed by atoms with Gasteiger partial charge in [0.25, 0.3) is 5.69 Å². The number of rotatable bonds is 8. The van der Waals surface area contributed by atoms with Crippen LogP contribution in [0.15, 0.2) is 83.8 Å². The van der Waals surface area contributed by atoms with Crippen LogP contribution in [0.5, 0.6) is 11.5 Å². The molecule has 1 fully saturated rings. The van der Waals surface area contributed by atoms with Crippen LogP contribution in [0.1, 0.15) is 0 Å². The molecule has 0 aliphatic carbocycles. The molecule has 11 heteroatoms. The summed E-state index contributed by atoms with van der Waals surface area (Å²) in [6.45, 7) is 0.988. The molecule has 182 valence electrons. The number of nitrogens with one attached hydrogen (secondary N) is 1. The number of carbonyl (C=O) groups excluding carboxylic acids is 1. The van der Waals surface area contributed by atoms with Gasteiger partial charge >= 0.3 is 0 Å². The zero-order valence-corrected chi connectivity index (χ0v) is 19.6. The number of piperazine rings is 1. The van der Waals surface area contributed by atoms with E-state index in [-0.39, 0.29) is 30.4 Å². The third-order valence-corrected chi connectivity index (χ3v) is 7.42. The number of sulfonamides is 1. The van der Waals surface area contributed by atoms with E-state index < -0.39 is 20.6 Å². The molecule has 0 saturated carbocycles. The van der Waals surface area contributed by atoms with Gasteiger partial charge in [-0.25, -0.2) is 8.42 Å². The average Bonchev–Trinajstić information content (AvgIpc) is 2.85. The summed E-state index contributed by atoms with van der Waals surface area (Å²) < 4.78 is 32.9. The smallest absolute Gasteiger partial charge is 0.289 e. The molecule has 1 saturated heterocycles. The monoisotopic (exact) mass is 496 g/mol. The van der Waals surface area contributed by atoms with Gasteiger partial charge < -0.3 is 10.1 Å². The van der Waals surface area contributed by atoms with Crippen LogP contribution < -0.4 is 10.1 Å². The SMILES string of the molecule is O=C(CN1CCN(S(=O)(=O)c2ccccc2[N+](=O)[O-])CC1)Nc1cccc(Oc2ccccc2)c1. The molecule has 0 radical (unpaired) electrons. The molecule has 1 aliphatic heterocycles. The number of anilines is 1. The maximum absolute atomic E-state index is 13.0. The maximum atomic E-state index is 13.0. The molecule has 0 atom stereocenters. The van der Waals surface area contributed by atoms with Gasteiger partial charge in [0, 0.05) is 44.0 Å². The quantitative estimate of drug-likeness (QED) is 0.375. The highest BCUT2D eigenvalue weighted by molar-refractivity contribution is 7.89. The zero-order chi connectivity index (χ0) is 24.8. The zero-order valence-electron chi connectivity index (χ0n) is 18.7. The first-order valence-corrected chi connectivity index (χ1v) is 12.4. The van der Waals surface area contributed by atoms with Crippen LogP contribution in [0.3, 0.4) is 0 Å². The Hall–Kier alpha value is -3.80. The fourth-order valence-corrected chi connectivity index (χ4v) is 5.34. The third kappa shape index (κ3) is 6.01. The van der Waals surface area contributed by atoms with Gasteiger partial charge in [-0.1, -0.05) is 36.4 Å². The highest BCUT2D eigenvalue weighted by Gasteiger charge is 2.33. The van der Waals surface area contributed by atoms with Crippen LogP contribution in [-0.4, -0.2) is 61.2 Å². The predicted octanol–water partition coefficient (Wildman–Crippen LogP) is 3.33. The Morgan fingerprint density at radius 2 is 1.57 bits per heavy atom. The van der Waals surface area contributed by atoms with Crippen LogP contribution in [0.25, 0.3) is 0 Å². The number of carbonyl (C=O) groups is 1. The summed E-state index contributed by atoms with van der Waals surface area (Å²) in [5.74, 6) is 1.03. The van der Waals surface area contributed by atoms with Crippen molar-refractivity contribution in [1.29, 1.82) is 0 Å². The van der Waals surface area contributed by atoms with Crippen molar-refractivity contribution in [2.24, 2.45) is 0 Å². The summed E-state index contributed by atoms with van der Waals surface area (Å²) in [6, 6.07) is 21.6. The van der Waals surface area contributed by atoms with Crippen molar-refractivity contribution >= 4 is 27.3 Å². The maximum Gasteiger partial charge on any atom is 0.289 e. The fourth-order valence-electron chi connectivity index (χ4n) is 3.76. The third-order valence-electron chi connectivity index (χ3n) is 5.47. The first-order chi connectivity index (χ1) is 16.8. The lowest BCUT2D eigenvalue weighted by Crippen LogP contribution is -2.50. The van der Waals surface area contributed by atoms with Gasteiger partial charge in [-0.2, -0.15) is 4.31 Å². The Morgan fingerprint density at radius 3 is 2.29 bits per heavy atom. The van der Waals surface area contributed by atoms with E-state index in [0.29, 0.717) is 30.3 Å². The molecule has 0 unspecified atom stereocenters. The normalized spacial score (nSPS) is 14.9. The first kappa shape index (κ1) is 24.3. The van der Waals surface area contributed by atoms with Crippen LogP contribution in [0.2, 0.25) is 0 Å². The molecule has 3 aromatic carbocycles. The molecule has 0 bridgehead atoms. The van der Waals surface area contributed by atoms with Crippen LogP contribution in [0.4, 0.5) is 11.4 Å². The lowest BCUT2D eigenvalue weighted by molar-refractivity contribution is -0.387. The Labute approximate surface area is 202 Å². The number of nitrogens with zero attached hydrogens (tertiary/aromatic N) is 3. The van der Waals surface area contributed by atoms with Crippen molar-refractivity contribution < 1.29 is 22.9 Å². The molecule has 0 aromatic heterocycles. The molecule has 1 amide bonds. The van der Waals surface area contributed by atoms with Crippen LogP contribution in [0, 0.1) is 10.1 Å². The molecule has 4 rings (SSSR count). The standard InChI is InChI=1S/C24H24N4O6S/c29-24(25-19-7-6-10-21(17-19)34-20-8-2-1-3-9-20)18-26-13-15-27(16-14-26)35(32,33)23-12-5-4-11-22(23)28(30)31/h1-12,17H,13-16,18H2,(H,25,29). The molecule has 1 N–H and O–H groups in total. The number of benzene rings is 3. The van der Waals surface area contributed by atoms with E-state index in [1.807, 2.05) is 35.2 Å². The molecule has 1 heterocycles. The van der Waals surface area contributed by atoms with Crippen molar-refractivity contribution in [2.45, 2.75) is 4.90 Å². The molecule has 1 aliphatic rings. The van der Waals surface area contributed by atoms with Gasteiger partial charge in [-0.05, 0) is 30.3 Å². The fraction of sp³-hybridized carbons (Fsp3) is 0.208. The van der Waals surface area contributed by atoms with E-state index in [2.05, 4.69) is 5.32 Å². The van der Waals surface area contributed by atoms with E-state index in [4.69, 9.17) is 4.74 Å².